The van der Waals surface area contributed by atoms with Crippen LogP contribution in [0.15, 0.2) is 66.7 Å². The lowest BCUT2D eigenvalue weighted by atomic mass is 9.98. The Labute approximate surface area is 188 Å². The Hall–Kier alpha value is -3.38. The van der Waals surface area contributed by atoms with Crippen LogP contribution in [0.2, 0.25) is 0 Å². The van der Waals surface area contributed by atoms with Crippen molar-refractivity contribution in [2.75, 3.05) is 36.4 Å². The van der Waals surface area contributed by atoms with E-state index in [9.17, 15) is 9.59 Å². The molecule has 6 nitrogen and oxygen atoms in total. The van der Waals surface area contributed by atoms with Crippen LogP contribution in [0.3, 0.4) is 0 Å². The fourth-order valence-electron chi connectivity index (χ4n) is 3.64. The summed E-state index contributed by atoms with van der Waals surface area (Å²) in [6, 6.07) is 21.5. The van der Waals surface area contributed by atoms with E-state index >= 15 is 0 Å². The highest BCUT2D eigenvalue weighted by molar-refractivity contribution is 6.09. The fourth-order valence-corrected chi connectivity index (χ4v) is 3.64. The summed E-state index contributed by atoms with van der Waals surface area (Å²) in [5.41, 5.74) is 1.95. The van der Waals surface area contributed by atoms with E-state index in [4.69, 9.17) is 4.84 Å². The second-order valence-corrected chi connectivity index (χ2v) is 9.07. The first-order valence-corrected chi connectivity index (χ1v) is 10.9. The molecule has 1 saturated heterocycles. The van der Waals surface area contributed by atoms with Gasteiger partial charge in [0, 0.05) is 35.4 Å². The minimum absolute atomic E-state index is 0.133. The lowest BCUT2D eigenvalue weighted by molar-refractivity contribution is -0.201. The van der Waals surface area contributed by atoms with E-state index in [1.54, 1.807) is 5.06 Å². The normalized spacial score (nSPS) is 14.9. The number of nitrogens with zero attached hydrogens (tertiary/aromatic N) is 2. The van der Waals surface area contributed by atoms with Gasteiger partial charge in [0.05, 0.1) is 18.5 Å². The number of hydroxylamine groups is 2. The molecule has 1 aliphatic rings. The van der Waals surface area contributed by atoms with Crippen LogP contribution in [0.1, 0.15) is 31.1 Å². The Morgan fingerprint density at radius 3 is 2.19 bits per heavy atom. The molecule has 3 aromatic carbocycles. The van der Waals surface area contributed by atoms with Gasteiger partial charge >= 0.3 is 5.97 Å². The number of rotatable bonds is 4. The molecule has 0 saturated carbocycles. The van der Waals surface area contributed by atoms with Gasteiger partial charge in [-0.3, -0.25) is 4.79 Å². The molecule has 166 valence electrons. The van der Waals surface area contributed by atoms with Gasteiger partial charge in [-0.1, -0.05) is 36.4 Å². The molecule has 1 amide bonds. The Kier molecular flexibility index (Phi) is 6.15. The summed E-state index contributed by atoms with van der Waals surface area (Å²) in [7, 11) is 0. The number of carbonyl (C=O) groups is 2. The number of carbonyl (C=O) groups excluding carboxylic acids is 2. The zero-order valence-corrected chi connectivity index (χ0v) is 18.8. The van der Waals surface area contributed by atoms with Crippen LogP contribution in [-0.4, -0.2) is 43.1 Å². The van der Waals surface area contributed by atoms with Gasteiger partial charge in [-0.05, 0) is 56.5 Å². The van der Waals surface area contributed by atoms with Gasteiger partial charge in [-0.2, -0.15) is 0 Å². The van der Waals surface area contributed by atoms with Crippen molar-refractivity contribution in [1.29, 1.82) is 0 Å². The standard InChI is InChI=1S/C26H29N3O3/c1-26(2,3)25(31)32-29-17-15-28(16-18-29)21-13-11-20(12-14-21)24(30)27-23-10-6-8-19-7-4-5-9-22(19)23/h4-14H,15-18H2,1-3H3,(H,27,30). The molecule has 1 N–H and O–H groups in total. The average molecular weight is 432 g/mol. The van der Waals surface area contributed by atoms with E-state index in [0.717, 1.165) is 35.2 Å². The van der Waals surface area contributed by atoms with Crippen molar-refractivity contribution < 1.29 is 14.4 Å². The molecule has 0 aliphatic carbocycles. The molecule has 0 unspecified atom stereocenters. The maximum Gasteiger partial charge on any atom is 0.330 e. The van der Waals surface area contributed by atoms with Crippen LogP contribution in [0.25, 0.3) is 10.8 Å². The van der Waals surface area contributed by atoms with E-state index in [1.165, 1.54) is 0 Å². The monoisotopic (exact) mass is 431 g/mol. The third-order valence-electron chi connectivity index (χ3n) is 5.60. The molecule has 0 aromatic heterocycles. The fraction of sp³-hybridized carbons (Fsp3) is 0.308. The SMILES string of the molecule is CC(C)(C)C(=O)ON1CCN(c2ccc(C(=O)Nc3cccc4ccccc34)cc2)CC1. The second-order valence-electron chi connectivity index (χ2n) is 9.07. The maximum absolute atomic E-state index is 12.8. The number of benzene rings is 3. The Balaban J connectivity index is 1.36. The predicted octanol–water partition coefficient (Wildman–Crippen LogP) is 4.72. The zero-order chi connectivity index (χ0) is 22.7. The zero-order valence-electron chi connectivity index (χ0n) is 18.8. The van der Waals surface area contributed by atoms with Crippen molar-refractivity contribution in [3.63, 3.8) is 0 Å². The van der Waals surface area contributed by atoms with Gasteiger partial charge in [-0.15, -0.1) is 5.06 Å². The molecule has 1 aliphatic heterocycles. The van der Waals surface area contributed by atoms with Crippen molar-refractivity contribution in [3.05, 3.63) is 72.3 Å². The van der Waals surface area contributed by atoms with E-state index in [1.807, 2.05) is 87.5 Å². The molecule has 0 bridgehead atoms. The summed E-state index contributed by atoms with van der Waals surface area (Å²) in [5.74, 6) is -0.348. The smallest absolute Gasteiger partial charge is 0.330 e. The van der Waals surface area contributed by atoms with Crippen molar-refractivity contribution in [2.24, 2.45) is 5.41 Å². The van der Waals surface area contributed by atoms with Gasteiger partial charge in [0.2, 0.25) is 0 Å². The van der Waals surface area contributed by atoms with Gasteiger partial charge in [0.1, 0.15) is 0 Å². The Morgan fingerprint density at radius 2 is 1.50 bits per heavy atom. The van der Waals surface area contributed by atoms with Gasteiger partial charge in [0.15, 0.2) is 0 Å². The van der Waals surface area contributed by atoms with E-state index in [-0.39, 0.29) is 11.9 Å². The van der Waals surface area contributed by atoms with Gasteiger partial charge in [0.25, 0.3) is 5.91 Å². The molecular formula is C26H29N3O3. The highest BCUT2D eigenvalue weighted by atomic mass is 16.7. The highest BCUT2D eigenvalue weighted by Gasteiger charge is 2.28. The lowest BCUT2D eigenvalue weighted by Crippen LogP contribution is -2.48. The average Bonchev–Trinajstić information content (AvgIpc) is 2.79. The summed E-state index contributed by atoms with van der Waals surface area (Å²) < 4.78 is 0. The maximum atomic E-state index is 12.8. The third-order valence-corrected chi connectivity index (χ3v) is 5.60. The van der Waals surface area contributed by atoms with Gasteiger partial charge < -0.3 is 15.1 Å². The summed E-state index contributed by atoms with van der Waals surface area (Å²) in [4.78, 5) is 32.6. The number of anilines is 2. The van der Waals surface area contributed by atoms with E-state index in [0.29, 0.717) is 18.7 Å². The highest BCUT2D eigenvalue weighted by Crippen LogP contribution is 2.24. The van der Waals surface area contributed by atoms with Crippen molar-refractivity contribution in [3.8, 4) is 0 Å². The number of nitrogens with one attached hydrogen (secondary N) is 1. The number of piperazine rings is 1. The number of amides is 1. The topological polar surface area (TPSA) is 61.9 Å². The molecule has 4 rings (SSSR count). The third kappa shape index (κ3) is 4.92. The molecule has 0 spiro atoms. The van der Waals surface area contributed by atoms with E-state index in [2.05, 4.69) is 10.2 Å². The second kappa shape index (κ2) is 9.01. The predicted molar refractivity (Wildman–Crippen MR) is 128 cm³/mol. The van der Waals surface area contributed by atoms with Crippen LogP contribution in [0, 0.1) is 5.41 Å². The first kappa shape index (κ1) is 21.8. The van der Waals surface area contributed by atoms with Crippen LogP contribution in [0.4, 0.5) is 11.4 Å². The molecule has 3 aromatic rings. The minimum Gasteiger partial charge on any atom is -0.369 e. The first-order valence-electron chi connectivity index (χ1n) is 10.9. The first-order chi connectivity index (χ1) is 15.3. The summed E-state index contributed by atoms with van der Waals surface area (Å²) in [5, 5.41) is 6.87. The summed E-state index contributed by atoms with van der Waals surface area (Å²) >= 11 is 0. The van der Waals surface area contributed by atoms with Crippen LogP contribution < -0.4 is 10.2 Å². The molecule has 0 atom stereocenters. The quantitative estimate of drug-likeness (QED) is 0.648. The summed E-state index contributed by atoms with van der Waals surface area (Å²) in [6.07, 6.45) is 0. The minimum atomic E-state index is -0.514. The number of hydrogen-bond donors (Lipinski definition) is 1. The van der Waals surface area contributed by atoms with Crippen molar-refractivity contribution in [2.45, 2.75) is 20.8 Å². The van der Waals surface area contributed by atoms with Crippen LogP contribution in [0.5, 0.6) is 0 Å². The van der Waals surface area contributed by atoms with Crippen molar-refractivity contribution >= 4 is 34.0 Å². The lowest BCUT2D eigenvalue weighted by Gasteiger charge is -2.35. The van der Waals surface area contributed by atoms with Crippen LogP contribution in [-0.2, 0) is 9.63 Å². The number of hydrogen-bond acceptors (Lipinski definition) is 5. The molecule has 32 heavy (non-hydrogen) atoms. The Morgan fingerprint density at radius 1 is 0.844 bits per heavy atom. The molecular weight excluding hydrogens is 402 g/mol. The van der Waals surface area contributed by atoms with Gasteiger partial charge in [-0.25, -0.2) is 4.79 Å². The molecule has 1 fully saturated rings. The summed E-state index contributed by atoms with van der Waals surface area (Å²) in [6.45, 7) is 8.34. The van der Waals surface area contributed by atoms with Crippen molar-refractivity contribution in [1.82, 2.24) is 5.06 Å². The largest absolute Gasteiger partial charge is 0.369 e. The molecule has 1 heterocycles. The molecule has 6 heteroatoms. The van der Waals surface area contributed by atoms with Crippen LogP contribution >= 0.6 is 0 Å². The number of fused-ring (bicyclic) bond motifs is 1. The molecule has 0 radical (unpaired) electrons. The Bertz CT molecular complexity index is 1110. The van der Waals surface area contributed by atoms with E-state index < -0.39 is 5.41 Å².